The van der Waals surface area contributed by atoms with Crippen molar-refractivity contribution in [3.63, 3.8) is 0 Å². The summed E-state index contributed by atoms with van der Waals surface area (Å²) in [7, 11) is 1.36. The smallest absolute Gasteiger partial charge is 0.185 e. The molecule has 4 atom stereocenters. The van der Waals surface area contributed by atoms with Gasteiger partial charge in [0, 0.05) is 7.11 Å². The van der Waals surface area contributed by atoms with Gasteiger partial charge in [0.15, 0.2) is 6.29 Å². The fourth-order valence-electron chi connectivity index (χ4n) is 0.987. The molecule has 0 spiro atoms. The van der Waals surface area contributed by atoms with Gasteiger partial charge in [-0.25, -0.2) is 0 Å². The fourth-order valence-corrected chi connectivity index (χ4v) is 0.987. The van der Waals surface area contributed by atoms with Gasteiger partial charge in [0.1, 0.15) is 18.3 Å². The van der Waals surface area contributed by atoms with Crippen LogP contribution in [-0.4, -0.2) is 53.6 Å². The van der Waals surface area contributed by atoms with Crippen LogP contribution in [-0.2, 0) is 9.47 Å². The molecule has 5 heteroatoms. The van der Waals surface area contributed by atoms with Crippen molar-refractivity contribution in [2.24, 2.45) is 0 Å². The molecule has 11 heavy (non-hydrogen) atoms. The van der Waals surface area contributed by atoms with E-state index in [9.17, 15) is 0 Å². The summed E-state index contributed by atoms with van der Waals surface area (Å²) in [5.74, 6) is 0. The van der Waals surface area contributed by atoms with E-state index in [4.69, 9.17) is 20.1 Å². The number of hydrogen-bond acceptors (Lipinski definition) is 5. The van der Waals surface area contributed by atoms with E-state index >= 15 is 0 Å². The van der Waals surface area contributed by atoms with Crippen molar-refractivity contribution in [1.82, 2.24) is 0 Å². The maximum absolute atomic E-state index is 9.15. The number of methoxy groups -OCH3 is 1. The maximum Gasteiger partial charge on any atom is 0.185 e. The van der Waals surface area contributed by atoms with Gasteiger partial charge in [0.05, 0.1) is 6.61 Å². The summed E-state index contributed by atoms with van der Waals surface area (Å²) in [6.45, 7) is -0.0171. The fraction of sp³-hybridized carbons (Fsp3) is 1.00. The number of aliphatic hydroxyl groups is 3. The Labute approximate surface area is 64.2 Å². The summed E-state index contributed by atoms with van der Waals surface area (Å²) in [5, 5.41) is 27.2. The van der Waals surface area contributed by atoms with Crippen molar-refractivity contribution >= 4 is 0 Å². The lowest BCUT2D eigenvalue weighted by atomic mass is 10.1. The second-order valence-electron chi connectivity index (χ2n) is 2.49. The van der Waals surface area contributed by atoms with E-state index < -0.39 is 24.6 Å². The summed E-state index contributed by atoms with van der Waals surface area (Å²) in [6.07, 6.45) is -4.23. The molecule has 1 fully saturated rings. The first kappa shape index (κ1) is 8.89. The lowest BCUT2D eigenvalue weighted by molar-refractivity contribution is -0.261. The third-order valence-electron chi connectivity index (χ3n) is 1.69. The molecule has 1 saturated heterocycles. The molecule has 5 nitrogen and oxygen atoms in total. The van der Waals surface area contributed by atoms with Gasteiger partial charge >= 0.3 is 0 Å². The van der Waals surface area contributed by atoms with Gasteiger partial charge in [0.2, 0.25) is 0 Å². The Hall–Kier alpha value is -0.200. The Morgan fingerprint density at radius 1 is 1.27 bits per heavy atom. The maximum atomic E-state index is 9.15. The minimum Gasteiger partial charge on any atom is -0.388 e. The second kappa shape index (κ2) is 3.46. The van der Waals surface area contributed by atoms with Crippen LogP contribution in [0.5, 0.6) is 0 Å². The summed E-state index contributed by atoms with van der Waals surface area (Å²) < 4.78 is 9.52. The number of rotatable bonds is 1. The van der Waals surface area contributed by atoms with Crippen LogP contribution in [0.3, 0.4) is 0 Å². The molecular weight excluding hydrogens is 152 g/mol. The molecule has 1 heterocycles. The Bertz CT molecular complexity index is 126. The van der Waals surface area contributed by atoms with Crippen molar-refractivity contribution in [2.45, 2.75) is 24.6 Å². The molecule has 0 radical (unpaired) electrons. The zero-order chi connectivity index (χ0) is 8.43. The van der Waals surface area contributed by atoms with Crippen LogP contribution in [0.15, 0.2) is 0 Å². The number of aliphatic hydroxyl groups excluding tert-OH is 3. The van der Waals surface area contributed by atoms with Crippen molar-refractivity contribution in [1.29, 1.82) is 0 Å². The molecule has 0 aliphatic carbocycles. The predicted molar refractivity (Wildman–Crippen MR) is 34.8 cm³/mol. The first-order valence-corrected chi connectivity index (χ1v) is 3.35. The van der Waals surface area contributed by atoms with Gasteiger partial charge in [0.25, 0.3) is 0 Å². The van der Waals surface area contributed by atoms with Crippen molar-refractivity contribution in [3.8, 4) is 0 Å². The molecule has 1 aliphatic rings. The van der Waals surface area contributed by atoms with Crippen LogP contribution < -0.4 is 0 Å². The normalized spacial score (nSPS) is 45.8. The quantitative estimate of drug-likeness (QED) is 0.420. The number of ether oxygens (including phenoxy) is 2. The summed E-state index contributed by atoms with van der Waals surface area (Å²) in [4.78, 5) is 0. The van der Waals surface area contributed by atoms with Crippen LogP contribution in [0.4, 0.5) is 0 Å². The van der Waals surface area contributed by atoms with E-state index in [2.05, 4.69) is 4.74 Å². The van der Waals surface area contributed by atoms with E-state index in [1.54, 1.807) is 0 Å². The SMILES string of the molecule is CO[C@H]1OC[C@H](O)[C@@H](O)[C@@H]1O. The molecule has 0 aromatic rings. The molecule has 0 aromatic heterocycles. The minimum absolute atomic E-state index is 0.0171. The third-order valence-corrected chi connectivity index (χ3v) is 1.69. The minimum atomic E-state index is -1.19. The van der Waals surface area contributed by atoms with Crippen LogP contribution >= 0.6 is 0 Å². The van der Waals surface area contributed by atoms with E-state index in [-0.39, 0.29) is 6.61 Å². The average Bonchev–Trinajstić information content (AvgIpc) is 2.01. The van der Waals surface area contributed by atoms with Crippen LogP contribution in [0.1, 0.15) is 0 Å². The molecule has 1 rings (SSSR count). The van der Waals surface area contributed by atoms with E-state index in [1.807, 2.05) is 0 Å². The summed E-state index contributed by atoms with van der Waals surface area (Å²) in [5.41, 5.74) is 0. The second-order valence-corrected chi connectivity index (χ2v) is 2.49. The molecule has 0 bridgehead atoms. The first-order chi connectivity index (χ1) is 5.16. The van der Waals surface area contributed by atoms with Gasteiger partial charge in [-0.05, 0) is 0 Å². The standard InChI is InChI=1S/C6H12O5/c1-10-6-5(9)4(8)3(7)2-11-6/h3-9H,2H2,1H3/t3-,4+,5-,6-/m0/s1. The van der Waals surface area contributed by atoms with Crippen molar-refractivity contribution < 1.29 is 24.8 Å². The highest BCUT2D eigenvalue weighted by atomic mass is 16.7. The molecule has 0 aromatic carbocycles. The summed E-state index contributed by atoms with van der Waals surface area (Å²) in [6, 6.07) is 0. The van der Waals surface area contributed by atoms with E-state index in [0.29, 0.717) is 0 Å². The zero-order valence-electron chi connectivity index (χ0n) is 6.17. The van der Waals surface area contributed by atoms with Crippen LogP contribution in [0.25, 0.3) is 0 Å². The molecular formula is C6H12O5. The molecule has 66 valence electrons. The Kier molecular flexibility index (Phi) is 2.80. The molecule has 0 saturated carbocycles. The molecule has 1 aliphatic heterocycles. The lowest BCUT2D eigenvalue weighted by Gasteiger charge is -2.33. The van der Waals surface area contributed by atoms with Gasteiger partial charge in [-0.1, -0.05) is 0 Å². The van der Waals surface area contributed by atoms with Crippen LogP contribution in [0, 0.1) is 0 Å². The lowest BCUT2D eigenvalue weighted by Crippen LogP contribution is -2.53. The first-order valence-electron chi connectivity index (χ1n) is 3.35. The largest absolute Gasteiger partial charge is 0.388 e. The predicted octanol–water partition coefficient (Wildman–Crippen LogP) is -1.93. The summed E-state index contributed by atoms with van der Waals surface area (Å²) >= 11 is 0. The molecule has 0 unspecified atom stereocenters. The van der Waals surface area contributed by atoms with Gasteiger partial charge < -0.3 is 24.8 Å². The Morgan fingerprint density at radius 3 is 2.45 bits per heavy atom. The van der Waals surface area contributed by atoms with Crippen molar-refractivity contribution in [2.75, 3.05) is 13.7 Å². The number of hydrogen-bond donors (Lipinski definition) is 3. The average molecular weight is 164 g/mol. The monoisotopic (exact) mass is 164 g/mol. The molecule has 0 amide bonds. The third kappa shape index (κ3) is 1.69. The molecule has 3 N–H and O–H groups in total. The highest BCUT2D eigenvalue weighted by Crippen LogP contribution is 2.15. The Morgan fingerprint density at radius 2 is 1.91 bits per heavy atom. The highest BCUT2D eigenvalue weighted by molar-refractivity contribution is 4.81. The topological polar surface area (TPSA) is 79.2 Å². The highest BCUT2D eigenvalue weighted by Gasteiger charge is 2.37. The van der Waals surface area contributed by atoms with Gasteiger partial charge in [-0.15, -0.1) is 0 Å². The Balaban J connectivity index is 2.52. The van der Waals surface area contributed by atoms with Gasteiger partial charge in [-0.3, -0.25) is 0 Å². The van der Waals surface area contributed by atoms with E-state index in [0.717, 1.165) is 0 Å². The van der Waals surface area contributed by atoms with Crippen LogP contribution in [0.2, 0.25) is 0 Å². The van der Waals surface area contributed by atoms with Gasteiger partial charge in [-0.2, -0.15) is 0 Å². The van der Waals surface area contributed by atoms with E-state index in [1.165, 1.54) is 7.11 Å². The zero-order valence-corrected chi connectivity index (χ0v) is 6.17. The van der Waals surface area contributed by atoms with Crippen molar-refractivity contribution in [3.05, 3.63) is 0 Å².